The van der Waals surface area contributed by atoms with Crippen molar-refractivity contribution in [1.82, 2.24) is 0 Å². The molecule has 0 bridgehead atoms. The van der Waals surface area contributed by atoms with Crippen molar-refractivity contribution in [2.45, 2.75) is 47.6 Å². The number of rotatable bonds is 3. The Morgan fingerprint density at radius 3 is 1.88 bits per heavy atom. The maximum absolute atomic E-state index is 10.4. The monoisotopic (exact) mass is 220 g/mol. The van der Waals surface area contributed by atoms with Gasteiger partial charge in [-0.1, -0.05) is 32.9 Å². The summed E-state index contributed by atoms with van der Waals surface area (Å²) in [4.78, 5) is 0. The molecule has 1 heteroatoms. The minimum Gasteiger partial charge on any atom is -0.388 e. The molecule has 1 aromatic rings. The van der Waals surface area contributed by atoms with E-state index in [1.54, 1.807) is 0 Å². The molecule has 1 aromatic carbocycles. The Balaban J connectivity index is 3.08. The van der Waals surface area contributed by atoms with E-state index in [1.807, 2.05) is 0 Å². The summed E-state index contributed by atoms with van der Waals surface area (Å²) in [6, 6.07) is 4.30. The molecule has 1 rings (SSSR count). The van der Waals surface area contributed by atoms with Crippen molar-refractivity contribution < 1.29 is 5.11 Å². The fourth-order valence-corrected chi connectivity index (χ4v) is 1.95. The van der Waals surface area contributed by atoms with E-state index in [2.05, 4.69) is 53.7 Å². The average Bonchev–Trinajstić information content (AvgIpc) is 2.21. The van der Waals surface area contributed by atoms with Gasteiger partial charge in [0, 0.05) is 0 Å². The van der Waals surface area contributed by atoms with Gasteiger partial charge in [-0.3, -0.25) is 0 Å². The quantitative estimate of drug-likeness (QED) is 0.818. The zero-order valence-corrected chi connectivity index (χ0v) is 11.3. The zero-order valence-electron chi connectivity index (χ0n) is 11.3. The van der Waals surface area contributed by atoms with Crippen LogP contribution in [0.5, 0.6) is 0 Å². The molecule has 16 heavy (non-hydrogen) atoms. The second-order valence-corrected chi connectivity index (χ2v) is 5.34. The topological polar surface area (TPSA) is 20.2 Å². The molecule has 1 N–H and O–H groups in total. The van der Waals surface area contributed by atoms with E-state index in [1.165, 1.54) is 16.7 Å². The lowest BCUT2D eigenvalue weighted by Crippen LogP contribution is -2.16. The van der Waals surface area contributed by atoms with E-state index < -0.39 is 0 Å². The van der Waals surface area contributed by atoms with Gasteiger partial charge in [-0.2, -0.15) is 0 Å². The SMILES string of the molecule is Cc1cc(C)c(C(O)C(C)C(C)C)cc1C. The van der Waals surface area contributed by atoms with Crippen LogP contribution in [0.1, 0.15) is 49.1 Å². The van der Waals surface area contributed by atoms with Crippen LogP contribution < -0.4 is 0 Å². The summed E-state index contributed by atoms with van der Waals surface area (Å²) in [6.45, 7) is 12.7. The summed E-state index contributed by atoms with van der Waals surface area (Å²) in [5.41, 5.74) is 4.84. The molecule has 0 aromatic heterocycles. The lowest BCUT2D eigenvalue weighted by Gasteiger charge is -2.24. The fraction of sp³-hybridized carbons (Fsp3) is 0.600. The lowest BCUT2D eigenvalue weighted by molar-refractivity contribution is 0.0915. The van der Waals surface area contributed by atoms with Crippen LogP contribution in [0.25, 0.3) is 0 Å². The van der Waals surface area contributed by atoms with Crippen LogP contribution in [0.15, 0.2) is 12.1 Å². The van der Waals surface area contributed by atoms with Gasteiger partial charge in [0.05, 0.1) is 6.10 Å². The van der Waals surface area contributed by atoms with E-state index in [4.69, 9.17) is 0 Å². The molecule has 0 heterocycles. The summed E-state index contributed by atoms with van der Waals surface area (Å²) >= 11 is 0. The van der Waals surface area contributed by atoms with Crippen molar-refractivity contribution in [3.63, 3.8) is 0 Å². The second kappa shape index (κ2) is 5.01. The van der Waals surface area contributed by atoms with Crippen molar-refractivity contribution in [2.24, 2.45) is 11.8 Å². The summed E-state index contributed by atoms with van der Waals surface area (Å²) in [5.74, 6) is 0.789. The number of aliphatic hydroxyl groups excluding tert-OH is 1. The van der Waals surface area contributed by atoms with Crippen LogP contribution in [0.2, 0.25) is 0 Å². The van der Waals surface area contributed by atoms with E-state index >= 15 is 0 Å². The molecular weight excluding hydrogens is 196 g/mol. The van der Waals surface area contributed by atoms with Crippen LogP contribution in [0.3, 0.4) is 0 Å². The fourth-order valence-electron chi connectivity index (χ4n) is 1.95. The van der Waals surface area contributed by atoms with Crippen LogP contribution in [-0.4, -0.2) is 5.11 Å². The lowest BCUT2D eigenvalue weighted by atomic mass is 9.85. The van der Waals surface area contributed by atoms with Gasteiger partial charge in [-0.15, -0.1) is 0 Å². The van der Waals surface area contributed by atoms with E-state index in [-0.39, 0.29) is 6.10 Å². The molecule has 0 radical (unpaired) electrons. The molecule has 0 saturated heterocycles. The van der Waals surface area contributed by atoms with Gasteiger partial charge in [0.1, 0.15) is 0 Å². The third-order valence-electron chi connectivity index (χ3n) is 3.75. The maximum atomic E-state index is 10.4. The van der Waals surface area contributed by atoms with Crippen molar-refractivity contribution >= 4 is 0 Å². The molecule has 0 aliphatic heterocycles. The largest absolute Gasteiger partial charge is 0.388 e. The van der Waals surface area contributed by atoms with Crippen molar-refractivity contribution in [3.05, 3.63) is 34.4 Å². The third kappa shape index (κ3) is 2.65. The van der Waals surface area contributed by atoms with Gasteiger partial charge in [-0.25, -0.2) is 0 Å². The van der Waals surface area contributed by atoms with Crippen molar-refractivity contribution in [1.29, 1.82) is 0 Å². The van der Waals surface area contributed by atoms with E-state index in [0.29, 0.717) is 11.8 Å². The molecule has 0 aliphatic carbocycles. The first-order valence-electron chi connectivity index (χ1n) is 6.10. The van der Waals surface area contributed by atoms with Crippen LogP contribution in [-0.2, 0) is 0 Å². The van der Waals surface area contributed by atoms with Crippen molar-refractivity contribution in [3.8, 4) is 0 Å². The summed E-state index contributed by atoms with van der Waals surface area (Å²) < 4.78 is 0. The molecule has 90 valence electrons. The first-order chi connectivity index (χ1) is 7.34. The second-order valence-electron chi connectivity index (χ2n) is 5.34. The van der Waals surface area contributed by atoms with Gasteiger partial charge in [0.15, 0.2) is 0 Å². The smallest absolute Gasteiger partial charge is 0.0820 e. The maximum Gasteiger partial charge on any atom is 0.0820 e. The number of aryl methyl sites for hydroxylation is 3. The summed E-state index contributed by atoms with van der Waals surface area (Å²) in [5, 5.41) is 10.4. The number of benzene rings is 1. The Labute approximate surface area is 99.5 Å². The zero-order chi connectivity index (χ0) is 12.5. The molecule has 2 unspecified atom stereocenters. The summed E-state index contributed by atoms with van der Waals surface area (Å²) in [6.07, 6.45) is -0.348. The Hall–Kier alpha value is -0.820. The Kier molecular flexibility index (Phi) is 4.15. The van der Waals surface area contributed by atoms with Crippen LogP contribution >= 0.6 is 0 Å². The van der Waals surface area contributed by atoms with Crippen LogP contribution in [0, 0.1) is 32.6 Å². The van der Waals surface area contributed by atoms with E-state index in [0.717, 1.165) is 5.56 Å². The van der Waals surface area contributed by atoms with Gasteiger partial charge in [-0.05, 0) is 54.9 Å². The molecule has 0 amide bonds. The third-order valence-corrected chi connectivity index (χ3v) is 3.75. The minimum atomic E-state index is -0.348. The standard InChI is InChI=1S/C15H24O/c1-9(2)13(6)15(16)14-8-11(4)10(3)7-12(14)5/h7-9,13,15-16H,1-6H3. The molecule has 0 fully saturated rings. The van der Waals surface area contributed by atoms with Crippen LogP contribution in [0.4, 0.5) is 0 Å². The normalized spacial score (nSPS) is 15.2. The molecule has 1 nitrogen and oxygen atoms in total. The highest BCUT2D eigenvalue weighted by Gasteiger charge is 2.21. The predicted octanol–water partition coefficient (Wildman–Crippen LogP) is 3.94. The Morgan fingerprint density at radius 2 is 1.38 bits per heavy atom. The number of aliphatic hydroxyl groups is 1. The molecule has 0 saturated carbocycles. The van der Waals surface area contributed by atoms with Gasteiger partial charge in [0.2, 0.25) is 0 Å². The molecular formula is C15H24O. The first kappa shape index (κ1) is 13.2. The minimum absolute atomic E-state index is 0.292. The van der Waals surface area contributed by atoms with Gasteiger partial charge >= 0.3 is 0 Å². The summed E-state index contributed by atoms with van der Waals surface area (Å²) in [7, 11) is 0. The Morgan fingerprint density at radius 1 is 0.875 bits per heavy atom. The predicted molar refractivity (Wildman–Crippen MR) is 69.6 cm³/mol. The van der Waals surface area contributed by atoms with Gasteiger partial charge in [0.25, 0.3) is 0 Å². The highest BCUT2D eigenvalue weighted by atomic mass is 16.3. The van der Waals surface area contributed by atoms with Gasteiger partial charge < -0.3 is 5.11 Å². The highest BCUT2D eigenvalue weighted by Crippen LogP contribution is 2.30. The molecule has 0 spiro atoms. The highest BCUT2D eigenvalue weighted by molar-refractivity contribution is 5.37. The number of hydrogen-bond acceptors (Lipinski definition) is 1. The molecule has 2 atom stereocenters. The first-order valence-corrected chi connectivity index (χ1v) is 6.10. The average molecular weight is 220 g/mol. The molecule has 0 aliphatic rings. The van der Waals surface area contributed by atoms with E-state index in [9.17, 15) is 5.11 Å². The van der Waals surface area contributed by atoms with Crippen molar-refractivity contribution in [2.75, 3.05) is 0 Å². The number of hydrogen-bond donors (Lipinski definition) is 1. The Bertz CT molecular complexity index is 366.